The Morgan fingerprint density at radius 3 is 1.98 bits per heavy atom. The predicted molar refractivity (Wildman–Crippen MR) is 171 cm³/mol. The summed E-state index contributed by atoms with van der Waals surface area (Å²) in [5.74, 6) is 1.34. The number of rotatable bonds is 12. The lowest BCUT2D eigenvalue weighted by atomic mass is 10.0. The smallest absolute Gasteiger partial charge is 0.254 e. The highest BCUT2D eigenvalue weighted by Crippen LogP contribution is 2.42. The minimum atomic E-state index is -2.11. The zero-order valence-electron chi connectivity index (χ0n) is 27.2. The highest BCUT2D eigenvalue weighted by Gasteiger charge is 2.40. The van der Waals surface area contributed by atoms with Crippen LogP contribution in [-0.2, 0) is 20.4 Å². The number of aryl methyl sites for hydroxylation is 1. The standard InChI is InChI=1S/C32H53NO5Si2/c1-23-19-24(21-27(28(23)35-8)38-40(12,13)32(5,6)7)20-26(22-37-39(10,11)31(2,3)4)33-30(34)29(36-9)25-17-15-14-16-18-25/h14-19,21,26,29H,20,22H2,1-13H3,(H,33,34)/t26-,29+/m0/s1. The van der Waals surface area contributed by atoms with Gasteiger partial charge in [-0.3, -0.25) is 4.79 Å². The molecule has 0 aromatic heterocycles. The van der Waals surface area contributed by atoms with Gasteiger partial charge in [0.25, 0.3) is 14.2 Å². The first kappa shape index (κ1) is 34.1. The molecule has 0 aliphatic carbocycles. The van der Waals surface area contributed by atoms with E-state index in [4.69, 9.17) is 18.3 Å². The van der Waals surface area contributed by atoms with E-state index < -0.39 is 22.7 Å². The number of carbonyl (C=O) groups excluding carboxylic acids is 1. The lowest BCUT2D eigenvalue weighted by Crippen LogP contribution is -2.48. The Kier molecular flexibility index (Phi) is 11.3. The van der Waals surface area contributed by atoms with Gasteiger partial charge in [0, 0.05) is 7.11 Å². The summed E-state index contributed by atoms with van der Waals surface area (Å²) >= 11 is 0. The van der Waals surface area contributed by atoms with E-state index in [-0.39, 0.29) is 22.0 Å². The minimum Gasteiger partial charge on any atom is -0.541 e. The SMILES string of the molecule is COc1c(C)cc(C[C@@H](CO[Si](C)(C)C(C)(C)C)NC(=O)[C@H](OC)c2ccccc2)cc1O[Si](C)(C)C(C)(C)C. The average Bonchev–Trinajstić information content (AvgIpc) is 2.82. The highest BCUT2D eigenvalue weighted by molar-refractivity contribution is 6.75. The molecule has 0 aliphatic heterocycles. The van der Waals surface area contributed by atoms with E-state index in [2.05, 4.69) is 85.2 Å². The van der Waals surface area contributed by atoms with Crippen molar-refractivity contribution in [2.75, 3.05) is 20.8 Å². The fourth-order valence-corrected chi connectivity index (χ4v) is 6.02. The Morgan fingerprint density at radius 1 is 0.900 bits per heavy atom. The minimum absolute atomic E-state index is 0.0437. The van der Waals surface area contributed by atoms with Gasteiger partial charge in [-0.05, 0) is 72.4 Å². The highest BCUT2D eigenvalue weighted by atomic mass is 28.4. The summed E-state index contributed by atoms with van der Waals surface area (Å²) in [6, 6.07) is 13.5. The molecular formula is C32H53NO5Si2. The summed E-state index contributed by atoms with van der Waals surface area (Å²) in [7, 11) is -0.905. The van der Waals surface area contributed by atoms with Crippen molar-refractivity contribution in [2.45, 2.75) is 103 Å². The second-order valence-electron chi connectivity index (χ2n) is 13.8. The third kappa shape index (κ3) is 8.68. The molecule has 2 atom stereocenters. The number of carbonyl (C=O) groups is 1. The van der Waals surface area contributed by atoms with E-state index in [1.165, 1.54) is 0 Å². The maximum Gasteiger partial charge on any atom is 0.254 e. The fraction of sp³-hybridized carbons (Fsp3) is 0.594. The molecule has 0 heterocycles. The van der Waals surface area contributed by atoms with Crippen LogP contribution in [-0.4, -0.2) is 49.4 Å². The summed E-state index contributed by atoms with van der Waals surface area (Å²) in [6.07, 6.45) is -0.115. The number of benzene rings is 2. The zero-order valence-corrected chi connectivity index (χ0v) is 29.2. The summed E-state index contributed by atoms with van der Waals surface area (Å²) in [6.45, 7) is 24.7. The zero-order chi connectivity index (χ0) is 30.5. The molecule has 0 fully saturated rings. The van der Waals surface area contributed by atoms with E-state index in [0.717, 1.165) is 28.2 Å². The molecule has 224 valence electrons. The van der Waals surface area contributed by atoms with Crippen LogP contribution in [0.15, 0.2) is 42.5 Å². The fourth-order valence-electron chi connectivity index (χ4n) is 3.96. The first-order valence-electron chi connectivity index (χ1n) is 14.2. The molecule has 2 aromatic rings. The number of ether oxygens (including phenoxy) is 2. The topological polar surface area (TPSA) is 66.0 Å². The quantitative estimate of drug-likeness (QED) is 0.256. The number of hydrogen-bond donors (Lipinski definition) is 1. The molecule has 0 aliphatic rings. The number of nitrogens with one attached hydrogen (secondary N) is 1. The van der Waals surface area contributed by atoms with Crippen molar-refractivity contribution in [3.05, 3.63) is 59.2 Å². The second kappa shape index (κ2) is 13.2. The van der Waals surface area contributed by atoms with Crippen molar-refractivity contribution in [1.82, 2.24) is 5.32 Å². The molecule has 40 heavy (non-hydrogen) atoms. The summed E-state index contributed by atoms with van der Waals surface area (Å²) in [5, 5.41) is 3.35. The van der Waals surface area contributed by atoms with Crippen LogP contribution in [0, 0.1) is 6.92 Å². The van der Waals surface area contributed by atoms with Crippen LogP contribution in [0.2, 0.25) is 36.3 Å². The van der Waals surface area contributed by atoms with E-state index in [9.17, 15) is 4.79 Å². The molecule has 0 unspecified atom stereocenters. The first-order valence-corrected chi connectivity index (χ1v) is 20.0. The molecule has 0 spiro atoms. The number of hydrogen-bond acceptors (Lipinski definition) is 5. The van der Waals surface area contributed by atoms with Gasteiger partial charge in [-0.2, -0.15) is 0 Å². The maximum absolute atomic E-state index is 13.5. The molecule has 6 nitrogen and oxygen atoms in total. The van der Waals surface area contributed by atoms with E-state index >= 15 is 0 Å². The summed E-state index contributed by atoms with van der Waals surface area (Å²) in [4.78, 5) is 13.5. The number of methoxy groups -OCH3 is 2. The Labute approximate surface area is 245 Å². The van der Waals surface area contributed by atoms with Crippen molar-refractivity contribution in [3.8, 4) is 11.5 Å². The lowest BCUT2D eigenvalue weighted by Gasteiger charge is -2.38. The number of amides is 1. The molecule has 2 rings (SSSR count). The van der Waals surface area contributed by atoms with Crippen molar-refractivity contribution < 1.29 is 23.1 Å². The Hall–Kier alpha value is -2.14. The van der Waals surface area contributed by atoms with Gasteiger partial charge in [0.05, 0.1) is 19.8 Å². The second-order valence-corrected chi connectivity index (χ2v) is 23.3. The summed E-state index contributed by atoms with van der Waals surface area (Å²) in [5.41, 5.74) is 2.88. The molecule has 1 amide bonds. The van der Waals surface area contributed by atoms with Crippen LogP contribution in [0.4, 0.5) is 0 Å². The largest absolute Gasteiger partial charge is 0.541 e. The van der Waals surface area contributed by atoms with Crippen LogP contribution < -0.4 is 14.5 Å². The normalized spacial score (nSPS) is 14.4. The van der Waals surface area contributed by atoms with E-state index in [1.54, 1.807) is 14.2 Å². The lowest BCUT2D eigenvalue weighted by molar-refractivity contribution is -0.132. The van der Waals surface area contributed by atoms with Crippen molar-refractivity contribution >= 4 is 22.5 Å². The Morgan fingerprint density at radius 2 is 1.48 bits per heavy atom. The van der Waals surface area contributed by atoms with Crippen molar-refractivity contribution in [3.63, 3.8) is 0 Å². The van der Waals surface area contributed by atoms with Crippen LogP contribution in [0.25, 0.3) is 0 Å². The molecule has 1 N–H and O–H groups in total. The monoisotopic (exact) mass is 587 g/mol. The molecule has 0 saturated carbocycles. The summed E-state index contributed by atoms with van der Waals surface area (Å²) < 4.78 is 24.7. The van der Waals surface area contributed by atoms with Gasteiger partial charge in [-0.1, -0.05) is 77.9 Å². The van der Waals surface area contributed by atoms with Crippen LogP contribution >= 0.6 is 0 Å². The van der Waals surface area contributed by atoms with Gasteiger partial charge < -0.3 is 23.6 Å². The predicted octanol–water partition coefficient (Wildman–Crippen LogP) is 7.82. The van der Waals surface area contributed by atoms with Crippen LogP contribution in [0.5, 0.6) is 11.5 Å². The third-order valence-corrected chi connectivity index (χ3v) is 17.4. The van der Waals surface area contributed by atoms with Gasteiger partial charge in [-0.25, -0.2) is 0 Å². The maximum atomic E-state index is 13.5. The van der Waals surface area contributed by atoms with Gasteiger partial charge in [0.1, 0.15) is 5.75 Å². The van der Waals surface area contributed by atoms with E-state index in [0.29, 0.717) is 13.0 Å². The van der Waals surface area contributed by atoms with Crippen LogP contribution in [0.1, 0.15) is 64.3 Å². The van der Waals surface area contributed by atoms with Crippen LogP contribution in [0.3, 0.4) is 0 Å². The molecule has 2 aromatic carbocycles. The van der Waals surface area contributed by atoms with E-state index in [1.807, 2.05) is 37.3 Å². The first-order chi connectivity index (χ1) is 18.3. The third-order valence-electron chi connectivity index (χ3n) is 8.53. The molecule has 8 heteroatoms. The molecule has 0 bridgehead atoms. The van der Waals surface area contributed by atoms with Gasteiger partial charge in [0.2, 0.25) is 0 Å². The van der Waals surface area contributed by atoms with Crippen molar-refractivity contribution in [1.29, 1.82) is 0 Å². The van der Waals surface area contributed by atoms with Gasteiger partial charge in [0.15, 0.2) is 20.2 Å². The molecule has 0 saturated heterocycles. The van der Waals surface area contributed by atoms with Gasteiger partial charge >= 0.3 is 0 Å². The molecular weight excluding hydrogens is 535 g/mol. The average molecular weight is 588 g/mol. The Bertz CT molecular complexity index is 1120. The van der Waals surface area contributed by atoms with Gasteiger partial charge in [-0.15, -0.1) is 0 Å². The van der Waals surface area contributed by atoms with Crippen molar-refractivity contribution in [2.24, 2.45) is 0 Å². The molecule has 0 radical (unpaired) electrons. The Balaban J connectivity index is 2.43.